The molecule has 0 radical (unpaired) electrons. The van der Waals surface area contributed by atoms with E-state index in [1.165, 1.54) is 12.7 Å². The van der Waals surface area contributed by atoms with E-state index >= 15 is 0 Å². The number of methoxy groups -OCH3 is 1. The first-order chi connectivity index (χ1) is 8.86. The minimum absolute atomic E-state index is 0.221. The first-order valence-corrected chi connectivity index (χ1v) is 5.47. The third-order valence-corrected chi connectivity index (χ3v) is 2.64. The number of hydrogen-bond acceptors (Lipinski definition) is 6. The molecule has 6 heteroatoms. The maximum Gasteiger partial charge on any atom is 0.169 e. The molecule has 1 N–H and O–H groups in total. The summed E-state index contributed by atoms with van der Waals surface area (Å²) in [4.78, 5) is 16.5. The highest BCUT2D eigenvalue weighted by Gasteiger charge is 2.26. The fourth-order valence-electron chi connectivity index (χ4n) is 1.76. The smallest absolute Gasteiger partial charge is 0.169 e. The van der Waals surface area contributed by atoms with Crippen molar-refractivity contribution in [3.05, 3.63) is 24.3 Å². The van der Waals surface area contributed by atoms with Gasteiger partial charge >= 0.3 is 0 Å². The van der Waals surface area contributed by atoms with E-state index in [2.05, 4.69) is 25.3 Å². The van der Waals surface area contributed by atoms with E-state index in [1.807, 2.05) is 24.3 Å². The van der Waals surface area contributed by atoms with Crippen LogP contribution in [0.4, 0.5) is 5.69 Å². The molecular weight excluding hydrogens is 230 g/mol. The Bertz CT molecular complexity index is 588. The minimum atomic E-state index is -0.221. The zero-order valence-corrected chi connectivity index (χ0v) is 9.74. The quantitative estimate of drug-likeness (QED) is 0.849. The summed E-state index contributed by atoms with van der Waals surface area (Å²) in [5, 5.41) is 3.21. The summed E-state index contributed by atoms with van der Waals surface area (Å²) in [5.74, 6) is 2.16. The Morgan fingerprint density at radius 1 is 1.22 bits per heavy atom. The van der Waals surface area contributed by atoms with Gasteiger partial charge in [-0.1, -0.05) is 6.07 Å². The fourth-order valence-corrected chi connectivity index (χ4v) is 1.76. The average molecular weight is 241 g/mol. The summed E-state index contributed by atoms with van der Waals surface area (Å²) < 4.78 is 5.17. The van der Waals surface area contributed by atoms with Crippen molar-refractivity contribution in [3.8, 4) is 5.75 Å². The summed E-state index contributed by atoms with van der Waals surface area (Å²) in [5.41, 5.74) is 0.893. The highest BCUT2D eigenvalue weighted by atomic mass is 16.5. The van der Waals surface area contributed by atoms with Crippen LogP contribution in [0.1, 0.15) is 0 Å². The molecule has 0 aromatic heterocycles. The molecule has 2 heterocycles. The van der Waals surface area contributed by atoms with Crippen LogP contribution < -0.4 is 10.1 Å². The maximum atomic E-state index is 5.17. The molecule has 2 aliphatic rings. The highest BCUT2D eigenvalue weighted by Crippen LogP contribution is 2.18. The highest BCUT2D eigenvalue weighted by molar-refractivity contribution is 6.23. The minimum Gasteiger partial charge on any atom is -0.497 e. The normalized spacial score (nSPS) is 20.2. The molecule has 0 unspecified atom stereocenters. The molecule has 0 spiro atoms. The van der Waals surface area contributed by atoms with Gasteiger partial charge in [0.1, 0.15) is 24.3 Å². The van der Waals surface area contributed by atoms with Gasteiger partial charge in [0.15, 0.2) is 11.9 Å². The molecule has 90 valence electrons. The molecule has 0 saturated carbocycles. The van der Waals surface area contributed by atoms with Gasteiger partial charge < -0.3 is 10.1 Å². The molecule has 1 aromatic rings. The van der Waals surface area contributed by atoms with Gasteiger partial charge in [0.2, 0.25) is 0 Å². The van der Waals surface area contributed by atoms with E-state index in [0.717, 1.165) is 11.4 Å². The van der Waals surface area contributed by atoms with Crippen molar-refractivity contribution in [1.29, 1.82) is 0 Å². The second-order valence-corrected chi connectivity index (χ2v) is 3.77. The molecule has 0 saturated heterocycles. The number of fused-ring (bicyclic) bond motifs is 1. The van der Waals surface area contributed by atoms with Crippen molar-refractivity contribution in [2.45, 2.75) is 6.04 Å². The Labute approximate surface area is 104 Å². The van der Waals surface area contributed by atoms with Gasteiger partial charge in [0, 0.05) is 11.8 Å². The third kappa shape index (κ3) is 1.88. The van der Waals surface area contributed by atoms with Crippen LogP contribution in [0.25, 0.3) is 0 Å². The number of benzene rings is 1. The summed E-state index contributed by atoms with van der Waals surface area (Å²) in [6.07, 6.45) is 2.98. The van der Waals surface area contributed by atoms with Crippen LogP contribution in [0, 0.1) is 0 Å². The second kappa shape index (κ2) is 4.40. The average Bonchev–Trinajstić information content (AvgIpc) is 2.88. The Hall–Kier alpha value is -2.50. The molecule has 1 atom stereocenters. The maximum absolute atomic E-state index is 5.17. The molecule has 0 bridgehead atoms. The van der Waals surface area contributed by atoms with Gasteiger partial charge in [-0.2, -0.15) is 0 Å². The monoisotopic (exact) mass is 241 g/mol. The summed E-state index contributed by atoms with van der Waals surface area (Å²) in [6.45, 7) is 0. The van der Waals surface area contributed by atoms with Crippen molar-refractivity contribution in [1.82, 2.24) is 0 Å². The van der Waals surface area contributed by atoms with E-state index in [9.17, 15) is 0 Å². The van der Waals surface area contributed by atoms with E-state index in [1.54, 1.807) is 7.11 Å². The number of nitrogens with zero attached hydrogens (tertiary/aromatic N) is 4. The largest absolute Gasteiger partial charge is 0.497 e. The van der Waals surface area contributed by atoms with Crippen molar-refractivity contribution < 1.29 is 4.74 Å². The van der Waals surface area contributed by atoms with Gasteiger partial charge in [0.05, 0.1) is 7.11 Å². The first-order valence-electron chi connectivity index (χ1n) is 5.47. The van der Waals surface area contributed by atoms with Crippen molar-refractivity contribution in [2.24, 2.45) is 20.0 Å². The zero-order chi connectivity index (χ0) is 12.4. The number of nitrogens with one attached hydrogen (secondary N) is 1. The van der Waals surface area contributed by atoms with Crippen LogP contribution in [-0.2, 0) is 0 Å². The molecular formula is C12H11N5O. The Morgan fingerprint density at radius 3 is 3.06 bits per heavy atom. The number of anilines is 1. The zero-order valence-electron chi connectivity index (χ0n) is 9.74. The van der Waals surface area contributed by atoms with E-state index < -0.39 is 0 Å². The van der Waals surface area contributed by atoms with E-state index in [4.69, 9.17) is 4.74 Å². The molecule has 18 heavy (non-hydrogen) atoms. The summed E-state index contributed by atoms with van der Waals surface area (Å²) >= 11 is 0. The summed E-state index contributed by atoms with van der Waals surface area (Å²) in [7, 11) is 1.63. The Kier molecular flexibility index (Phi) is 2.60. The molecule has 0 fully saturated rings. The van der Waals surface area contributed by atoms with Crippen LogP contribution in [0.3, 0.4) is 0 Å². The predicted octanol–water partition coefficient (Wildman–Crippen LogP) is 1.36. The molecule has 6 nitrogen and oxygen atoms in total. The Morgan fingerprint density at radius 2 is 2.17 bits per heavy atom. The standard InChI is InChI=1S/C12H11N5O/c1-18-9-4-2-3-8(5-9)17-12-10-11(14-6-13-10)15-7-16-12/h2-7,10H,1H3,(H,13,14,15,16,17)/t10-/m0/s1. The molecule has 3 rings (SSSR count). The topological polar surface area (TPSA) is 70.7 Å². The number of rotatable bonds is 2. The number of aliphatic imine (C=N–C) groups is 4. The van der Waals surface area contributed by atoms with Crippen LogP contribution in [0.5, 0.6) is 5.75 Å². The van der Waals surface area contributed by atoms with Crippen molar-refractivity contribution in [3.63, 3.8) is 0 Å². The lowest BCUT2D eigenvalue weighted by Gasteiger charge is -2.16. The molecule has 1 aromatic carbocycles. The van der Waals surface area contributed by atoms with E-state index in [-0.39, 0.29) is 6.04 Å². The predicted molar refractivity (Wildman–Crippen MR) is 72.3 cm³/mol. The van der Waals surface area contributed by atoms with Gasteiger partial charge in [-0.15, -0.1) is 0 Å². The lowest BCUT2D eigenvalue weighted by molar-refractivity contribution is 0.415. The van der Waals surface area contributed by atoms with Crippen LogP contribution in [0.15, 0.2) is 44.2 Å². The van der Waals surface area contributed by atoms with Crippen LogP contribution in [-0.4, -0.2) is 37.5 Å². The third-order valence-electron chi connectivity index (χ3n) is 2.64. The lowest BCUT2D eigenvalue weighted by Crippen LogP contribution is -2.33. The lowest BCUT2D eigenvalue weighted by atomic mass is 10.2. The van der Waals surface area contributed by atoms with Gasteiger partial charge in [-0.3, -0.25) is 4.99 Å². The van der Waals surface area contributed by atoms with Crippen molar-refractivity contribution >= 4 is 30.0 Å². The fraction of sp³-hybridized carbons (Fsp3) is 0.167. The molecule has 2 aliphatic heterocycles. The molecule has 0 amide bonds. The Balaban J connectivity index is 1.84. The second-order valence-electron chi connectivity index (χ2n) is 3.77. The van der Waals surface area contributed by atoms with Crippen LogP contribution in [0.2, 0.25) is 0 Å². The van der Waals surface area contributed by atoms with Crippen molar-refractivity contribution in [2.75, 3.05) is 12.4 Å². The first kappa shape index (κ1) is 10.6. The number of ether oxygens (including phenoxy) is 1. The van der Waals surface area contributed by atoms with Gasteiger partial charge in [-0.05, 0) is 12.1 Å². The van der Waals surface area contributed by atoms with Crippen LogP contribution >= 0.6 is 0 Å². The molecule has 0 aliphatic carbocycles. The van der Waals surface area contributed by atoms with Gasteiger partial charge in [-0.25, -0.2) is 15.0 Å². The summed E-state index contributed by atoms with van der Waals surface area (Å²) in [6, 6.07) is 7.40. The van der Waals surface area contributed by atoms with E-state index in [0.29, 0.717) is 11.7 Å². The van der Waals surface area contributed by atoms with Gasteiger partial charge in [0.25, 0.3) is 0 Å². The SMILES string of the molecule is COc1cccc(NC2=NC=NC3=NC=N[C@@H]32)c1. The number of hydrogen-bond donors (Lipinski definition) is 1. The number of amidine groups is 2.